The van der Waals surface area contributed by atoms with Gasteiger partial charge in [-0.25, -0.2) is 0 Å². The summed E-state index contributed by atoms with van der Waals surface area (Å²) in [5.41, 5.74) is 1.09. The highest BCUT2D eigenvalue weighted by atomic mass is 16.5. The van der Waals surface area contributed by atoms with E-state index < -0.39 is 0 Å². The Labute approximate surface area is 108 Å². The van der Waals surface area contributed by atoms with E-state index >= 15 is 0 Å². The second kappa shape index (κ2) is 5.87. The number of hydrogen-bond acceptors (Lipinski definition) is 3. The van der Waals surface area contributed by atoms with Crippen LogP contribution in [0.25, 0.3) is 0 Å². The molecule has 4 heteroatoms. The summed E-state index contributed by atoms with van der Waals surface area (Å²) in [5, 5.41) is 6.20. The highest BCUT2D eigenvalue weighted by Gasteiger charge is 2.20. The lowest BCUT2D eigenvalue weighted by Gasteiger charge is -2.27. The second-order valence-corrected chi connectivity index (χ2v) is 4.79. The lowest BCUT2D eigenvalue weighted by Crippen LogP contribution is -2.44. The Hall–Kier alpha value is -1.55. The number of carbonyl (C=O) groups excluding carboxylic acids is 1. The molecule has 0 aliphatic carbocycles. The minimum absolute atomic E-state index is 0.0384. The molecule has 1 aliphatic heterocycles. The van der Waals surface area contributed by atoms with E-state index in [4.69, 9.17) is 4.74 Å². The van der Waals surface area contributed by atoms with E-state index in [0.29, 0.717) is 12.3 Å². The maximum Gasteiger partial charge on any atom is 0.220 e. The van der Waals surface area contributed by atoms with E-state index in [-0.39, 0.29) is 11.9 Å². The van der Waals surface area contributed by atoms with Crippen LogP contribution in [0.4, 0.5) is 0 Å². The van der Waals surface area contributed by atoms with E-state index in [0.717, 1.165) is 24.4 Å². The molecule has 2 rings (SSSR count). The van der Waals surface area contributed by atoms with Crippen LogP contribution in [-0.2, 0) is 4.79 Å². The van der Waals surface area contributed by atoms with Crippen LogP contribution in [0.1, 0.15) is 24.9 Å². The maximum absolute atomic E-state index is 11.8. The molecule has 1 unspecified atom stereocenters. The van der Waals surface area contributed by atoms with Crippen LogP contribution in [0.5, 0.6) is 5.75 Å². The SMILES string of the molecule is COc1ccc(C(C)NC(=O)CC2CNC2)cc1. The van der Waals surface area contributed by atoms with E-state index in [1.54, 1.807) is 7.11 Å². The smallest absolute Gasteiger partial charge is 0.220 e. The third-order valence-electron chi connectivity index (χ3n) is 3.33. The van der Waals surface area contributed by atoms with Crippen LogP contribution in [0.3, 0.4) is 0 Å². The number of hydrogen-bond donors (Lipinski definition) is 2. The minimum atomic E-state index is 0.0384. The summed E-state index contributed by atoms with van der Waals surface area (Å²) in [5.74, 6) is 1.47. The molecule has 1 atom stereocenters. The summed E-state index contributed by atoms with van der Waals surface area (Å²) in [4.78, 5) is 11.8. The predicted molar refractivity (Wildman–Crippen MR) is 70.5 cm³/mol. The van der Waals surface area contributed by atoms with Gasteiger partial charge in [0.25, 0.3) is 0 Å². The molecule has 0 aromatic heterocycles. The molecule has 4 nitrogen and oxygen atoms in total. The molecule has 0 spiro atoms. The molecule has 1 aliphatic rings. The van der Waals surface area contributed by atoms with E-state index in [2.05, 4.69) is 10.6 Å². The van der Waals surface area contributed by atoms with E-state index in [1.807, 2.05) is 31.2 Å². The Kier molecular flexibility index (Phi) is 4.20. The fourth-order valence-corrected chi connectivity index (χ4v) is 2.03. The normalized spacial score (nSPS) is 16.8. The zero-order chi connectivity index (χ0) is 13.0. The van der Waals surface area contributed by atoms with Crippen LogP contribution in [-0.4, -0.2) is 26.1 Å². The summed E-state index contributed by atoms with van der Waals surface area (Å²) in [6.45, 7) is 3.92. The van der Waals surface area contributed by atoms with Gasteiger partial charge >= 0.3 is 0 Å². The molecule has 98 valence electrons. The number of nitrogens with one attached hydrogen (secondary N) is 2. The molecule has 1 aromatic rings. The van der Waals surface area contributed by atoms with Crippen molar-refractivity contribution in [3.8, 4) is 5.75 Å². The van der Waals surface area contributed by atoms with Gasteiger partial charge in [0.05, 0.1) is 13.2 Å². The Morgan fingerprint density at radius 3 is 2.61 bits per heavy atom. The van der Waals surface area contributed by atoms with Gasteiger partial charge < -0.3 is 15.4 Å². The van der Waals surface area contributed by atoms with Gasteiger partial charge in [0.2, 0.25) is 5.91 Å². The number of ether oxygens (including phenoxy) is 1. The fourth-order valence-electron chi connectivity index (χ4n) is 2.03. The molecule has 0 bridgehead atoms. The molecular weight excluding hydrogens is 228 g/mol. The number of benzene rings is 1. The Bertz CT molecular complexity index is 399. The first kappa shape index (κ1) is 12.9. The molecule has 0 saturated carbocycles. The summed E-state index contributed by atoms with van der Waals surface area (Å²) >= 11 is 0. The summed E-state index contributed by atoms with van der Waals surface area (Å²) in [7, 11) is 1.65. The number of methoxy groups -OCH3 is 1. The van der Waals surface area contributed by atoms with Crippen molar-refractivity contribution in [3.05, 3.63) is 29.8 Å². The Morgan fingerprint density at radius 2 is 2.11 bits per heavy atom. The molecule has 1 saturated heterocycles. The van der Waals surface area contributed by atoms with Crippen molar-refractivity contribution in [1.29, 1.82) is 0 Å². The van der Waals surface area contributed by atoms with Crippen molar-refractivity contribution < 1.29 is 9.53 Å². The van der Waals surface area contributed by atoms with Crippen LogP contribution in [0, 0.1) is 5.92 Å². The topological polar surface area (TPSA) is 50.4 Å². The molecule has 1 aromatic carbocycles. The average Bonchev–Trinajstić information content (AvgIpc) is 2.34. The quantitative estimate of drug-likeness (QED) is 0.830. The number of carbonyl (C=O) groups is 1. The first-order valence-corrected chi connectivity index (χ1v) is 6.33. The van der Waals surface area contributed by atoms with Crippen molar-refractivity contribution in [2.45, 2.75) is 19.4 Å². The Balaban J connectivity index is 1.85. The molecule has 0 radical (unpaired) electrons. The highest BCUT2D eigenvalue weighted by molar-refractivity contribution is 5.76. The van der Waals surface area contributed by atoms with Crippen molar-refractivity contribution in [3.63, 3.8) is 0 Å². The Morgan fingerprint density at radius 1 is 1.44 bits per heavy atom. The maximum atomic E-state index is 11.8. The number of amides is 1. The summed E-state index contributed by atoms with van der Waals surface area (Å²) in [6.07, 6.45) is 0.619. The average molecular weight is 248 g/mol. The van der Waals surface area contributed by atoms with Gasteiger partial charge in [-0.05, 0) is 43.6 Å². The van der Waals surface area contributed by atoms with Crippen LogP contribution in [0.2, 0.25) is 0 Å². The van der Waals surface area contributed by atoms with Crippen molar-refractivity contribution in [1.82, 2.24) is 10.6 Å². The monoisotopic (exact) mass is 248 g/mol. The van der Waals surface area contributed by atoms with Gasteiger partial charge in [-0.1, -0.05) is 12.1 Å². The second-order valence-electron chi connectivity index (χ2n) is 4.79. The van der Waals surface area contributed by atoms with Crippen molar-refractivity contribution >= 4 is 5.91 Å². The van der Waals surface area contributed by atoms with Gasteiger partial charge in [0.1, 0.15) is 5.75 Å². The first-order valence-electron chi connectivity index (χ1n) is 6.33. The summed E-state index contributed by atoms with van der Waals surface area (Å²) < 4.78 is 5.11. The van der Waals surface area contributed by atoms with Gasteiger partial charge in [-0.15, -0.1) is 0 Å². The zero-order valence-electron chi connectivity index (χ0n) is 10.9. The summed E-state index contributed by atoms with van der Waals surface area (Å²) in [6, 6.07) is 7.82. The van der Waals surface area contributed by atoms with Gasteiger partial charge in [-0.2, -0.15) is 0 Å². The molecule has 18 heavy (non-hydrogen) atoms. The molecular formula is C14H20N2O2. The standard InChI is InChI=1S/C14H20N2O2/c1-10(12-3-5-13(18-2)6-4-12)16-14(17)7-11-8-15-9-11/h3-6,10-11,15H,7-9H2,1-2H3,(H,16,17). The van der Waals surface area contributed by atoms with Crippen LogP contribution < -0.4 is 15.4 Å². The zero-order valence-corrected chi connectivity index (χ0v) is 10.9. The molecule has 1 heterocycles. The van der Waals surface area contributed by atoms with Gasteiger partial charge in [0, 0.05) is 6.42 Å². The predicted octanol–water partition coefficient (Wildman–Crippen LogP) is 1.48. The lowest BCUT2D eigenvalue weighted by atomic mass is 9.98. The van der Waals surface area contributed by atoms with E-state index in [1.165, 1.54) is 0 Å². The van der Waals surface area contributed by atoms with Gasteiger partial charge in [0.15, 0.2) is 0 Å². The molecule has 1 amide bonds. The first-order chi connectivity index (χ1) is 8.69. The molecule has 2 N–H and O–H groups in total. The van der Waals surface area contributed by atoms with Crippen LogP contribution in [0.15, 0.2) is 24.3 Å². The van der Waals surface area contributed by atoms with Crippen molar-refractivity contribution in [2.75, 3.05) is 20.2 Å². The lowest BCUT2D eigenvalue weighted by molar-refractivity contribution is -0.123. The van der Waals surface area contributed by atoms with E-state index in [9.17, 15) is 4.79 Å². The van der Waals surface area contributed by atoms with Gasteiger partial charge in [-0.3, -0.25) is 4.79 Å². The minimum Gasteiger partial charge on any atom is -0.497 e. The third kappa shape index (κ3) is 3.23. The largest absolute Gasteiger partial charge is 0.497 e. The number of rotatable bonds is 5. The highest BCUT2D eigenvalue weighted by Crippen LogP contribution is 2.18. The van der Waals surface area contributed by atoms with Crippen LogP contribution >= 0.6 is 0 Å². The third-order valence-corrected chi connectivity index (χ3v) is 3.33. The fraction of sp³-hybridized carbons (Fsp3) is 0.500. The van der Waals surface area contributed by atoms with Crippen molar-refractivity contribution in [2.24, 2.45) is 5.92 Å². The molecule has 1 fully saturated rings.